The fourth-order valence-corrected chi connectivity index (χ4v) is 3.33. The molecule has 0 aromatic rings. The molecule has 104 valence electrons. The summed E-state index contributed by atoms with van der Waals surface area (Å²) in [6.45, 7) is 16.2. The van der Waals surface area contributed by atoms with Crippen LogP contribution in [-0.2, 0) is 9.53 Å². The minimum atomic E-state index is -0.421. The van der Waals surface area contributed by atoms with Gasteiger partial charge in [0, 0.05) is 29.5 Å². The summed E-state index contributed by atoms with van der Waals surface area (Å²) in [7, 11) is 2.14. The van der Waals surface area contributed by atoms with Crippen molar-refractivity contribution in [2.75, 3.05) is 7.05 Å². The molecule has 0 saturated carbocycles. The van der Waals surface area contributed by atoms with Crippen LogP contribution >= 0.6 is 0 Å². The van der Waals surface area contributed by atoms with Crippen LogP contribution in [0.1, 0.15) is 54.4 Å². The molecular weight excluding hydrogens is 226 g/mol. The number of hydrogen-bond acceptors (Lipinski definition) is 3. The van der Waals surface area contributed by atoms with Gasteiger partial charge < -0.3 is 4.74 Å². The standard InChI is InChI=1S/C15H27NO2/c1-11(2)12(17)18-15(7)9-13(3,4)16(8)14(5,6)10-15/h1,9-10H2,2-8H3. The molecule has 0 bridgehead atoms. The summed E-state index contributed by atoms with van der Waals surface area (Å²) in [5.74, 6) is -0.284. The maximum atomic E-state index is 11.8. The molecule has 0 aromatic carbocycles. The van der Waals surface area contributed by atoms with E-state index < -0.39 is 5.60 Å². The first-order valence-electron chi connectivity index (χ1n) is 6.52. The molecule has 1 aliphatic heterocycles. The largest absolute Gasteiger partial charge is 0.456 e. The lowest BCUT2D eigenvalue weighted by Gasteiger charge is -2.56. The Morgan fingerprint density at radius 2 is 1.50 bits per heavy atom. The number of rotatable bonds is 2. The van der Waals surface area contributed by atoms with E-state index in [9.17, 15) is 4.79 Å². The van der Waals surface area contributed by atoms with Crippen molar-refractivity contribution in [1.29, 1.82) is 0 Å². The Morgan fingerprint density at radius 1 is 1.11 bits per heavy atom. The molecule has 0 spiro atoms. The third-order valence-corrected chi connectivity index (χ3v) is 4.12. The zero-order valence-corrected chi connectivity index (χ0v) is 12.9. The lowest BCUT2D eigenvalue weighted by Crippen LogP contribution is -2.64. The Labute approximate surface area is 111 Å². The van der Waals surface area contributed by atoms with Crippen molar-refractivity contribution in [2.45, 2.75) is 71.1 Å². The molecule has 1 fully saturated rings. The molecule has 3 heteroatoms. The molecule has 0 aromatic heterocycles. The van der Waals surface area contributed by atoms with Crippen LogP contribution in [0.15, 0.2) is 12.2 Å². The van der Waals surface area contributed by atoms with Gasteiger partial charge in [-0.3, -0.25) is 4.90 Å². The van der Waals surface area contributed by atoms with Crippen LogP contribution in [-0.4, -0.2) is 34.6 Å². The van der Waals surface area contributed by atoms with Gasteiger partial charge in [0.1, 0.15) is 5.60 Å². The maximum absolute atomic E-state index is 11.8. The molecular formula is C15H27NO2. The van der Waals surface area contributed by atoms with E-state index in [1.807, 2.05) is 6.92 Å². The van der Waals surface area contributed by atoms with Gasteiger partial charge in [0.05, 0.1) is 0 Å². The molecule has 0 radical (unpaired) electrons. The van der Waals surface area contributed by atoms with Crippen LogP contribution in [0, 0.1) is 0 Å². The van der Waals surface area contributed by atoms with E-state index in [0.29, 0.717) is 5.57 Å². The molecule has 18 heavy (non-hydrogen) atoms. The summed E-state index contributed by atoms with van der Waals surface area (Å²) < 4.78 is 5.69. The highest BCUT2D eigenvalue weighted by Crippen LogP contribution is 2.44. The number of carbonyl (C=O) groups is 1. The van der Waals surface area contributed by atoms with Gasteiger partial charge in [-0.2, -0.15) is 0 Å². The van der Waals surface area contributed by atoms with Crippen molar-refractivity contribution in [3.8, 4) is 0 Å². The van der Waals surface area contributed by atoms with Crippen molar-refractivity contribution < 1.29 is 9.53 Å². The third kappa shape index (κ3) is 2.94. The first kappa shape index (κ1) is 15.2. The van der Waals surface area contributed by atoms with Crippen molar-refractivity contribution in [3.63, 3.8) is 0 Å². The van der Waals surface area contributed by atoms with Gasteiger partial charge in [0.25, 0.3) is 0 Å². The van der Waals surface area contributed by atoms with E-state index in [1.165, 1.54) is 0 Å². The molecule has 1 saturated heterocycles. The van der Waals surface area contributed by atoms with Gasteiger partial charge in [0.2, 0.25) is 0 Å². The minimum absolute atomic E-state index is 0.00581. The van der Waals surface area contributed by atoms with E-state index in [0.717, 1.165) is 12.8 Å². The lowest BCUT2D eigenvalue weighted by molar-refractivity contribution is -0.173. The predicted octanol–water partition coefficient (Wildman–Crippen LogP) is 3.15. The SMILES string of the molecule is C=C(C)C(=O)OC1(C)CC(C)(C)N(C)C(C)(C)C1. The predicted molar refractivity (Wildman–Crippen MR) is 74.5 cm³/mol. The van der Waals surface area contributed by atoms with Gasteiger partial charge in [-0.1, -0.05) is 6.58 Å². The fraction of sp³-hybridized carbons (Fsp3) is 0.800. The van der Waals surface area contributed by atoms with Crippen molar-refractivity contribution in [1.82, 2.24) is 4.90 Å². The van der Waals surface area contributed by atoms with Crippen LogP contribution in [0.4, 0.5) is 0 Å². The second-order valence-corrected chi connectivity index (χ2v) is 7.16. The highest BCUT2D eigenvalue weighted by atomic mass is 16.6. The first-order valence-corrected chi connectivity index (χ1v) is 6.52. The monoisotopic (exact) mass is 253 g/mol. The van der Waals surface area contributed by atoms with Crippen molar-refractivity contribution >= 4 is 5.97 Å². The average Bonchev–Trinajstić information content (AvgIpc) is 2.11. The van der Waals surface area contributed by atoms with Crippen LogP contribution in [0.5, 0.6) is 0 Å². The van der Waals surface area contributed by atoms with E-state index >= 15 is 0 Å². The topological polar surface area (TPSA) is 29.5 Å². The number of carbonyl (C=O) groups excluding carboxylic acids is 1. The number of nitrogens with zero attached hydrogens (tertiary/aromatic N) is 1. The lowest BCUT2D eigenvalue weighted by atomic mass is 9.72. The average molecular weight is 253 g/mol. The Bertz CT molecular complexity index is 351. The molecule has 0 N–H and O–H groups in total. The summed E-state index contributed by atoms with van der Waals surface area (Å²) in [5, 5.41) is 0. The Hall–Kier alpha value is -0.830. The zero-order valence-electron chi connectivity index (χ0n) is 12.9. The highest BCUT2D eigenvalue weighted by molar-refractivity contribution is 5.87. The molecule has 1 heterocycles. The fourth-order valence-electron chi connectivity index (χ4n) is 3.33. The van der Waals surface area contributed by atoms with Gasteiger partial charge in [-0.15, -0.1) is 0 Å². The van der Waals surface area contributed by atoms with Crippen molar-refractivity contribution in [3.05, 3.63) is 12.2 Å². The highest BCUT2D eigenvalue weighted by Gasteiger charge is 2.50. The molecule has 1 aliphatic rings. The molecule has 0 atom stereocenters. The molecule has 0 aliphatic carbocycles. The zero-order chi connectivity index (χ0) is 14.4. The van der Waals surface area contributed by atoms with E-state index in [2.05, 4.69) is 46.2 Å². The number of piperidine rings is 1. The molecule has 0 unspecified atom stereocenters. The second-order valence-electron chi connectivity index (χ2n) is 7.16. The van der Waals surface area contributed by atoms with Crippen LogP contribution < -0.4 is 0 Å². The maximum Gasteiger partial charge on any atom is 0.333 e. The summed E-state index contributed by atoms with van der Waals surface area (Å²) in [5.41, 5.74) is 0.0542. The van der Waals surface area contributed by atoms with Crippen LogP contribution in [0.2, 0.25) is 0 Å². The second kappa shape index (κ2) is 4.37. The third-order valence-electron chi connectivity index (χ3n) is 4.12. The minimum Gasteiger partial charge on any atom is -0.456 e. The van der Waals surface area contributed by atoms with Gasteiger partial charge >= 0.3 is 5.97 Å². The normalized spacial score (nSPS) is 25.5. The van der Waals surface area contributed by atoms with Crippen LogP contribution in [0.25, 0.3) is 0 Å². The quantitative estimate of drug-likeness (QED) is 0.559. The number of hydrogen-bond donors (Lipinski definition) is 0. The number of esters is 1. The summed E-state index contributed by atoms with van der Waals surface area (Å²) in [4.78, 5) is 14.2. The van der Waals surface area contributed by atoms with Crippen LogP contribution in [0.3, 0.4) is 0 Å². The first-order chi connectivity index (χ1) is 7.90. The number of ether oxygens (including phenoxy) is 1. The van der Waals surface area contributed by atoms with E-state index in [1.54, 1.807) is 6.92 Å². The van der Waals surface area contributed by atoms with E-state index in [-0.39, 0.29) is 17.0 Å². The van der Waals surface area contributed by atoms with Crippen molar-refractivity contribution in [2.24, 2.45) is 0 Å². The van der Waals surface area contributed by atoms with Gasteiger partial charge in [0.15, 0.2) is 0 Å². The molecule has 3 nitrogen and oxygen atoms in total. The van der Waals surface area contributed by atoms with Gasteiger partial charge in [-0.25, -0.2) is 4.79 Å². The molecule has 0 amide bonds. The van der Waals surface area contributed by atoms with Gasteiger partial charge in [-0.05, 0) is 48.6 Å². The summed E-state index contributed by atoms with van der Waals surface area (Å²) in [6, 6.07) is 0. The number of likely N-dealkylation sites (tertiary alicyclic amines) is 1. The smallest absolute Gasteiger partial charge is 0.333 e. The Kier molecular flexibility index (Phi) is 3.70. The Balaban J connectivity index is 2.97. The summed E-state index contributed by atoms with van der Waals surface area (Å²) in [6.07, 6.45) is 1.66. The summed E-state index contributed by atoms with van der Waals surface area (Å²) >= 11 is 0. The Morgan fingerprint density at radius 3 is 1.83 bits per heavy atom. The molecule has 1 rings (SSSR count). The van der Waals surface area contributed by atoms with E-state index in [4.69, 9.17) is 4.74 Å².